The molecule has 1 aliphatic carbocycles. The fraction of sp³-hybridized carbons (Fsp3) is 0.217. The van der Waals surface area contributed by atoms with Gasteiger partial charge >= 0.3 is 6.03 Å². The Balaban J connectivity index is 1.15. The van der Waals surface area contributed by atoms with Crippen molar-refractivity contribution in [3.8, 4) is 17.2 Å². The lowest BCUT2D eigenvalue weighted by Crippen LogP contribution is -2.34. The molecule has 10 heteroatoms. The maximum atomic E-state index is 12.4. The van der Waals surface area contributed by atoms with Gasteiger partial charge in [0.2, 0.25) is 5.91 Å². The number of carbonyl (C=O) groups excluding carboxylic acids is 2. The molecule has 1 aromatic carbocycles. The summed E-state index contributed by atoms with van der Waals surface area (Å²) in [6.45, 7) is 0. The Labute approximate surface area is 193 Å². The second kappa shape index (κ2) is 7.63. The number of nitrogens with one attached hydrogen (secondary N) is 3. The van der Waals surface area contributed by atoms with Gasteiger partial charge in [0, 0.05) is 35.0 Å². The first-order valence-electron chi connectivity index (χ1n) is 10.5. The van der Waals surface area contributed by atoms with Crippen molar-refractivity contribution < 1.29 is 19.1 Å². The van der Waals surface area contributed by atoms with E-state index in [1.807, 2.05) is 18.2 Å². The second-order valence-electron chi connectivity index (χ2n) is 8.08. The average Bonchev–Trinajstić information content (AvgIpc) is 3.30. The minimum absolute atomic E-state index is 0.0460. The summed E-state index contributed by atoms with van der Waals surface area (Å²) in [5.41, 5.74) is 1.86. The molecule has 33 heavy (non-hydrogen) atoms. The molecule has 1 saturated carbocycles. The van der Waals surface area contributed by atoms with E-state index in [-0.39, 0.29) is 30.0 Å². The number of benzene rings is 1. The lowest BCUT2D eigenvalue weighted by molar-refractivity contribution is -0.116. The minimum Gasteiger partial charge on any atom is -0.487 e. The highest BCUT2D eigenvalue weighted by molar-refractivity contribution is 6.30. The van der Waals surface area contributed by atoms with Crippen molar-refractivity contribution in [2.75, 3.05) is 10.6 Å². The highest BCUT2D eigenvalue weighted by Crippen LogP contribution is 2.54. The highest BCUT2D eigenvalue weighted by atomic mass is 35.5. The van der Waals surface area contributed by atoms with Crippen LogP contribution in [-0.2, 0) is 11.2 Å². The molecule has 3 atom stereocenters. The molecule has 1 fully saturated rings. The highest BCUT2D eigenvalue weighted by Gasteiger charge is 2.59. The number of hydrogen-bond donors (Lipinski definition) is 3. The molecular formula is C23H18ClN5O4. The van der Waals surface area contributed by atoms with Gasteiger partial charge in [-0.3, -0.25) is 10.1 Å². The molecule has 0 saturated heterocycles. The van der Waals surface area contributed by atoms with E-state index in [1.165, 1.54) is 6.20 Å². The van der Waals surface area contributed by atoms with Crippen molar-refractivity contribution in [3.63, 3.8) is 0 Å². The van der Waals surface area contributed by atoms with Gasteiger partial charge in [0.25, 0.3) is 0 Å². The van der Waals surface area contributed by atoms with E-state index in [0.717, 1.165) is 16.9 Å². The molecule has 0 bridgehead atoms. The van der Waals surface area contributed by atoms with Crippen molar-refractivity contribution in [3.05, 3.63) is 64.9 Å². The second-order valence-corrected chi connectivity index (χ2v) is 8.51. The molecule has 3 aliphatic rings. The molecule has 4 heterocycles. The van der Waals surface area contributed by atoms with Crippen LogP contribution in [0.2, 0.25) is 5.02 Å². The van der Waals surface area contributed by atoms with Gasteiger partial charge in [0.1, 0.15) is 35.0 Å². The first kappa shape index (κ1) is 19.8. The van der Waals surface area contributed by atoms with Crippen LogP contribution in [0, 0.1) is 0 Å². The number of rotatable bonds is 4. The third-order valence-corrected chi connectivity index (χ3v) is 6.15. The Morgan fingerprint density at radius 1 is 1.15 bits per heavy atom. The van der Waals surface area contributed by atoms with Crippen LogP contribution in [0.4, 0.5) is 16.4 Å². The van der Waals surface area contributed by atoms with Crippen LogP contribution >= 0.6 is 11.6 Å². The number of nitrogens with zero attached hydrogens (tertiary/aromatic N) is 2. The third kappa shape index (κ3) is 3.70. The molecule has 2 aromatic heterocycles. The smallest absolute Gasteiger partial charge is 0.320 e. The van der Waals surface area contributed by atoms with Crippen LogP contribution in [0.3, 0.4) is 0 Å². The summed E-state index contributed by atoms with van der Waals surface area (Å²) < 4.78 is 12.1. The van der Waals surface area contributed by atoms with Crippen LogP contribution in [0.15, 0.2) is 48.8 Å². The summed E-state index contributed by atoms with van der Waals surface area (Å²) in [5, 5.41) is 8.88. The molecular weight excluding hydrogens is 446 g/mol. The van der Waals surface area contributed by atoms with Gasteiger partial charge in [0.15, 0.2) is 0 Å². The van der Waals surface area contributed by atoms with E-state index in [9.17, 15) is 9.59 Å². The number of halogens is 1. The van der Waals surface area contributed by atoms with E-state index in [0.29, 0.717) is 41.0 Å². The molecule has 0 spiro atoms. The van der Waals surface area contributed by atoms with Gasteiger partial charge in [-0.25, -0.2) is 14.8 Å². The lowest BCUT2D eigenvalue weighted by Gasteiger charge is -2.19. The maximum Gasteiger partial charge on any atom is 0.320 e. The molecule has 3 aromatic rings. The predicted octanol–water partition coefficient (Wildman–Crippen LogP) is 3.86. The Bertz CT molecular complexity index is 1300. The number of ether oxygens (including phenoxy) is 2. The monoisotopic (exact) mass is 463 g/mol. The van der Waals surface area contributed by atoms with Gasteiger partial charge in [-0.15, -0.1) is 0 Å². The molecule has 9 nitrogen and oxygen atoms in total. The van der Waals surface area contributed by atoms with E-state index >= 15 is 0 Å². The van der Waals surface area contributed by atoms with Gasteiger partial charge in [0.05, 0.1) is 12.0 Å². The number of urea groups is 1. The summed E-state index contributed by atoms with van der Waals surface area (Å²) in [6, 6.07) is 10.1. The standard InChI is InChI=1S/C23H18ClN5O4/c24-11-5-7-25-17(9-11)27-23(31)29-20-19-14-10-12(1-3-15(14)33-21(19)20)32-16-6-8-26-22-13(16)2-4-18(30)28-22/h1,3,5-10,19-21H,2,4H2,(H,26,28,30)(H2,25,27,29,31)/t19-,20?,21-/m0/s1. The number of hydrogen-bond acceptors (Lipinski definition) is 6. The van der Waals surface area contributed by atoms with Crippen molar-refractivity contribution >= 4 is 35.2 Å². The number of carbonyl (C=O) groups is 2. The molecule has 2 aliphatic heterocycles. The van der Waals surface area contributed by atoms with E-state index in [1.54, 1.807) is 24.4 Å². The fourth-order valence-electron chi connectivity index (χ4n) is 4.33. The van der Waals surface area contributed by atoms with Crippen molar-refractivity contribution in [1.29, 1.82) is 0 Å². The van der Waals surface area contributed by atoms with Crippen LogP contribution in [0.1, 0.15) is 23.5 Å². The topological polar surface area (TPSA) is 114 Å². The fourth-order valence-corrected chi connectivity index (χ4v) is 4.49. The van der Waals surface area contributed by atoms with Crippen LogP contribution in [0.5, 0.6) is 17.2 Å². The predicted molar refractivity (Wildman–Crippen MR) is 120 cm³/mol. The molecule has 6 rings (SSSR count). The first-order valence-corrected chi connectivity index (χ1v) is 10.9. The average molecular weight is 464 g/mol. The van der Waals surface area contributed by atoms with E-state index in [4.69, 9.17) is 21.1 Å². The number of amides is 3. The number of anilines is 2. The zero-order chi connectivity index (χ0) is 22.5. The van der Waals surface area contributed by atoms with Crippen LogP contribution in [-0.4, -0.2) is 34.1 Å². The molecule has 3 N–H and O–H groups in total. The largest absolute Gasteiger partial charge is 0.487 e. The third-order valence-electron chi connectivity index (χ3n) is 5.92. The van der Waals surface area contributed by atoms with E-state index < -0.39 is 0 Å². The minimum atomic E-state index is -0.368. The van der Waals surface area contributed by atoms with Crippen LogP contribution in [0.25, 0.3) is 0 Å². The summed E-state index contributed by atoms with van der Waals surface area (Å²) in [7, 11) is 0. The molecule has 0 radical (unpaired) electrons. The number of pyridine rings is 2. The van der Waals surface area contributed by atoms with Gasteiger partial charge in [-0.1, -0.05) is 11.6 Å². The summed E-state index contributed by atoms with van der Waals surface area (Å²) in [5.74, 6) is 3.02. The summed E-state index contributed by atoms with van der Waals surface area (Å²) in [6.07, 6.45) is 4.00. The molecule has 166 valence electrons. The Morgan fingerprint density at radius 3 is 2.91 bits per heavy atom. The van der Waals surface area contributed by atoms with Crippen molar-refractivity contribution in [1.82, 2.24) is 15.3 Å². The summed E-state index contributed by atoms with van der Waals surface area (Å²) in [4.78, 5) is 32.3. The van der Waals surface area contributed by atoms with Crippen molar-refractivity contribution in [2.24, 2.45) is 0 Å². The van der Waals surface area contributed by atoms with Gasteiger partial charge in [-0.2, -0.15) is 0 Å². The zero-order valence-electron chi connectivity index (χ0n) is 17.2. The lowest BCUT2D eigenvalue weighted by atomic mass is 10.1. The Hall–Kier alpha value is -3.85. The van der Waals surface area contributed by atoms with Crippen LogP contribution < -0.4 is 25.4 Å². The zero-order valence-corrected chi connectivity index (χ0v) is 17.9. The number of aromatic nitrogens is 2. The maximum absolute atomic E-state index is 12.4. The number of fused-ring (bicyclic) bond motifs is 4. The summed E-state index contributed by atoms with van der Waals surface area (Å²) >= 11 is 5.93. The quantitative estimate of drug-likeness (QED) is 0.541. The molecule has 1 unspecified atom stereocenters. The normalized spacial score (nSPS) is 21.6. The Kier molecular flexibility index (Phi) is 4.58. The first-order chi connectivity index (χ1) is 16.0. The Morgan fingerprint density at radius 2 is 2.03 bits per heavy atom. The SMILES string of the molecule is O=C1CCc2c(Oc3ccc4c(c3)[C@H]3C(NC(=O)Nc5cc(Cl)ccn5)[C@H]3O4)ccnc2N1. The van der Waals surface area contributed by atoms with Gasteiger partial charge in [-0.05, 0) is 42.8 Å². The van der Waals surface area contributed by atoms with Gasteiger partial charge < -0.3 is 20.1 Å². The van der Waals surface area contributed by atoms with Crippen molar-refractivity contribution in [2.45, 2.75) is 30.9 Å². The molecule has 3 amide bonds. The van der Waals surface area contributed by atoms with E-state index in [2.05, 4.69) is 25.9 Å².